The fourth-order valence-electron chi connectivity index (χ4n) is 3.40. The maximum absolute atomic E-state index is 11.4. The molecule has 2 bridgehead atoms. The summed E-state index contributed by atoms with van der Waals surface area (Å²) in [5.74, 6) is -0.334. The number of hydrogen-bond acceptors (Lipinski definition) is 3. The van der Waals surface area contributed by atoms with Crippen LogP contribution >= 0.6 is 0 Å². The Morgan fingerprint density at radius 3 is 1.86 bits per heavy atom. The molecule has 4 atom stereocenters. The first-order valence-corrected chi connectivity index (χ1v) is 5.04. The first-order valence-electron chi connectivity index (χ1n) is 5.04. The molecule has 3 rings (SSSR count). The van der Waals surface area contributed by atoms with E-state index < -0.39 is 0 Å². The number of esters is 2. The first kappa shape index (κ1) is 8.21. The molecule has 2 fully saturated rings. The summed E-state index contributed by atoms with van der Waals surface area (Å²) in [7, 11) is 0. The molecule has 3 nitrogen and oxygen atoms in total. The van der Waals surface area contributed by atoms with E-state index in [1.54, 1.807) is 0 Å². The summed E-state index contributed by atoms with van der Waals surface area (Å²) < 4.78 is 4.70. The van der Waals surface area contributed by atoms with Gasteiger partial charge in [0.25, 0.3) is 0 Å². The van der Waals surface area contributed by atoms with Crippen LogP contribution in [0.25, 0.3) is 0 Å². The Morgan fingerprint density at radius 2 is 1.43 bits per heavy atom. The van der Waals surface area contributed by atoms with Crippen molar-refractivity contribution in [1.82, 2.24) is 0 Å². The topological polar surface area (TPSA) is 43.4 Å². The minimum absolute atomic E-state index is 0.156. The molecule has 0 aromatic heterocycles. The van der Waals surface area contributed by atoms with Crippen molar-refractivity contribution in [3.05, 3.63) is 11.1 Å². The third-order valence-corrected chi connectivity index (χ3v) is 4.24. The van der Waals surface area contributed by atoms with Gasteiger partial charge in [-0.2, -0.15) is 0 Å². The largest absolute Gasteiger partial charge is 0.393 e. The highest BCUT2D eigenvalue weighted by Crippen LogP contribution is 2.57. The summed E-state index contributed by atoms with van der Waals surface area (Å²) in [6.45, 7) is 4.15. The molecule has 3 aliphatic rings. The van der Waals surface area contributed by atoms with Crippen molar-refractivity contribution in [3.63, 3.8) is 0 Å². The molecular weight excluding hydrogens is 180 g/mol. The van der Waals surface area contributed by atoms with Crippen LogP contribution < -0.4 is 0 Å². The quantitative estimate of drug-likeness (QED) is 0.330. The number of carbonyl (C=O) groups excluding carboxylic acids is 2. The van der Waals surface area contributed by atoms with E-state index in [0.717, 1.165) is 6.42 Å². The number of fused-ring (bicyclic) bond motifs is 5. The molecule has 14 heavy (non-hydrogen) atoms. The average molecular weight is 192 g/mol. The predicted octanol–water partition coefficient (Wildman–Crippen LogP) is 1.29. The van der Waals surface area contributed by atoms with Gasteiger partial charge in [0.05, 0.1) is 11.8 Å². The Kier molecular flexibility index (Phi) is 1.33. The average Bonchev–Trinajstić information content (AvgIpc) is 2.71. The van der Waals surface area contributed by atoms with Gasteiger partial charge in [-0.25, -0.2) is 0 Å². The number of hydrogen-bond donors (Lipinski definition) is 0. The van der Waals surface area contributed by atoms with Crippen molar-refractivity contribution in [2.75, 3.05) is 0 Å². The van der Waals surface area contributed by atoms with Crippen molar-refractivity contribution in [1.29, 1.82) is 0 Å². The molecular formula is C11H12O3. The molecule has 3 heteroatoms. The molecule has 0 aromatic rings. The van der Waals surface area contributed by atoms with Crippen molar-refractivity contribution < 1.29 is 14.3 Å². The number of allylic oxidation sites excluding steroid dienone is 2. The summed E-state index contributed by atoms with van der Waals surface area (Å²) in [6, 6.07) is 0. The smallest absolute Gasteiger partial charge is 0.318 e. The van der Waals surface area contributed by atoms with Crippen LogP contribution in [-0.2, 0) is 14.3 Å². The van der Waals surface area contributed by atoms with Gasteiger partial charge < -0.3 is 4.74 Å². The Labute approximate surface area is 82.1 Å². The van der Waals surface area contributed by atoms with Gasteiger partial charge in [0, 0.05) is 0 Å². The van der Waals surface area contributed by atoms with Crippen LogP contribution in [0.3, 0.4) is 0 Å². The molecule has 0 radical (unpaired) electrons. The molecule has 1 heterocycles. The van der Waals surface area contributed by atoms with Gasteiger partial charge >= 0.3 is 11.9 Å². The minimum Gasteiger partial charge on any atom is -0.393 e. The SMILES string of the molecule is CC1=C(C)C2CC1C1C(=O)OC(=O)C21. The van der Waals surface area contributed by atoms with Crippen LogP contribution in [0.4, 0.5) is 0 Å². The lowest BCUT2D eigenvalue weighted by Gasteiger charge is -2.21. The van der Waals surface area contributed by atoms with E-state index >= 15 is 0 Å². The molecule has 0 aromatic carbocycles. The summed E-state index contributed by atoms with van der Waals surface area (Å²) in [4.78, 5) is 22.9. The highest BCUT2D eigenvalue weighted by Gasteiger charge is 2.61. The van der Waals surface area contributed by atoms with Crippen molar-refractivity contribution in [3.8, 4) is 0 Å². The lowest BCUT2D eigenvalue weighted by Crippen LogP contribution is -2.25. The molecule has 74 valence electrons. The van der Waals surface area contributed by atoms with Crippen molar-refractivity contribution in [2.45, 2.75) is 20.3 Å². The van der Waals surface area contributed by atoms with E-state index in [0.29, 0.717) is 0 Å². The normalized spacial score (nSPS) is 44.7. The second kappa shape index (κ2) is 2.27. The lowest BCUT2D eigenvalue weighted by atomic mass is 9.78. The molecule has 0 spiro atoms. The van der Waals surface area contributed by atoms with Crippen molar-refractivity contribution in [2.24, 2.45) is 23.7 Å². The van der Waals surface area contributed by atoms with Crippen LogP contribution in [-0.4, -0.2) is 11.9 Å². The number of carbonyl (C=O) groups is 2. The summed E-state index contributed by atoms with van der Waals surface area (Å²) in [5.41, 5.74) is 2.62. The van der Waals surface area contributed by atoms with Gasteiger partial charge in [0.1, 0.15) is 0 Å². The van der Waals surface area contributed by atoms with Crippen LogP contribution in [0.5, 0.6) is 0 Å². The summed E-state index contributed by atoms with van der Waals surface area (Å²) in [6.07, 6.45) is 0.980. The monoisotopic (exact) mass is 192 g/mol. The Balaban J connectivity index is 2.10. The highest BCUT2D eigenvalue weighted by molar-refractivity contribution is 5.98. The number of rotatable bonds is 0. The van der Waals surface area contributed by atoms with Crippen LogP contribution in [0, 0.1) is 23.7 Å². The van der Waals surface area contributed by atoms with E-state index in [1.807, 2.05) is 0 Å². The molecule has 1 saturated heterocycles. The van der Waals surface area contributed by atoms with Gasteiger partial charge in [-0.1, -0.05) is 11.1 Å². The maximum Gasteiger partial charge on any atom is 0.318 e. The third kappa shape index (κ3) is 0.703. The second-order valence-electron chi connectivity index (χ2n) is 4.61. The van der Waals surface area contributed by atoms with E-state index in [-0.39, 0.29) is 35.6 Å². The maximum atomic E-state index is 11.4. The van der Waals surface area contributed by atoms with Gasteiger partial charge in [-0.3, -0.25) is 9.59 Å². The van der Waals surface area contributed by atoms with E-state index in [9.17, 15) is 9.59 Å². The van der Waals surface area contributed by atoms with Gasteiger partial charge in [0.2, 0.25) is 0 Å². The zero-order chi connectivity index (χ0) is 10.0. The molecule has 1 saturated carbocycles. The second-order valence-corrected chi connectivity index (χ2v) is 4.61. The van der Waals surface area contributed by atoms with E-state index in [1.165, 1.54) is 11.1 Å². The fourth-order valence-corrected chi connectivity index (χ4v) is 3.40. The Bertz CT molecular complexity index is 346. The molecule has 0 amide bonds. The zero-order valence-corrected chi connectivity index (χ0v) is 8.24. The van der Waals surface area contributed by atoms with Gasteiger partial charge in [-0.05, 0) is 32.1 Å². The molecule has 2 aliphatic carbocycles. The minimum atomic E-state index is -0.292. The standard InChI is InChI=1S/C11H12O3/c1-4-5(2)7-3-6(4)8-9(7)11(13)14-10(8)12/h6-9H,3H2,1-2H3. The molecule has 0 N–H and O–H groups in total. The zero-order valence-electron chi connectivity index (χ0n) is 8.24. The third-order valence-electron chi connectivity index (χ3n) is 4.24. The number of cyclic esters (lactones) is 2. The Morgan fingerprint density at radius 1 is 1.00 bits per heavy atom. The van der Waals surface area contributed by atoms with E-state index in [2.05, 4.69) is 13.8 Å². The molecule has 1 aliphatic heterocycles. The first-order chi connectivity index (χ1) is 6.61. The summed E-state index contributed by atoms with van der Waals surface area (Å²) >= 11 is 0. The van der Waals surface area contributed by atoms with Crippen LogP contribution in [0.1, 0.15) is 20.3 Å². The Hall–Kier alpha value is -1.12. The van der Waals surface area contributed by atoms with Gasteiger partial charge in [0.15, 0.2) is 0 Å². The predicted molar refractivity (Wildman–Crippen MR) is 48.1 cm³/mol. The lowest BCUT2D eigenvalue weighted by molar-refractivity contribution is -0.154. The fraction of sp³-hybridized carbons (Fsp3) is 0.636. The number of ether oxygens (including phenoxy) is 1. The van der Waals surface area contributed by atoms with Crippen molar-refractivity contribution >= 4 is 11.9 Å². The molecule has 4 unspecified atom stereocenters. The van der Waals surface area contributed by atoms with Gasteiger partial charge in [-0.15, -0.1) is 0 Å². The summed E-state index contributed by atoms with van der Waals surface area (Å²) in [5, 5.41) is 0. The van der Waals surface area contributed by atoms with E-state index in [4.69, 9.17) is 4.74 Å². The van der Waals surface area contributed by atoms with Crippen LogP contribution in [0.2, 0.25) is 0 Å². The highest BCUT2D eigenvalue weighted by atomic mass is 16.6. The van der Waals surface area contributed by atoms with Crippen LogP contribution in [0.15, 0.2) is 11.1 Å².